The number of H-pyrrole nitrogens is 4. The van der Waals surface area contributed by atoms with Gasteiger partial charge in [0.25, 0.3) is 0 Å². The first kappa shape index (κ1) is 26.9. The zero-order chi connectivity index (χ0) is 29.3. The number of fused-ring (bicyclic) bond motifs is 8. The van der Waals surface area contributed by atoms with Crippen molar-refractivity contribution in [1.82, 2.24) is 19.9 Å². The van der Waals surface area contributed by atoms with Crippen LogP contribution in [0.25, 0.3) is 5.57 Å². The molecule has 4 N–H and O–H groups in total. The molecule has 0 unspecified atom stereocenters. The molecule has 0 amide bonds. The predicted octanol–water partition coefficient (Wildman–Crippen LogP) is 6.94. The Morgan fingerprint density at radius 2 is 0.850 bits per heavy atom. The smallest absolute Gasteiger partial charge is 0.149 e. The molecular weight excluding hydrogens is 494 g/mol. The van der Waals surface area contributed by atoms with Crippen molar-refractivity contribution in [1.29, 1.82) is 15.8 Å². The van der Waals surface area contributed by atoms with Crippen LogP contribution in [0.2, 0.25) is 0 Å². The highest BCUT2D eigenvalue weighted by Crippen LogP contribution is 2.43. The van der Waals surface area contributed by atoms with Crippen LogP contribution in [0.1, 0.15) is 107 Å². The summed E-state index contributed by atoms with van der Waals surface area (Å²) in [6, 6.07) is 20.9. The molecule has 0 aliphatic carbocycles. The molecule has 0 saturated carbocycles. The van der Waals surface area contributed by atoms with Crippen LogP contribution in [0.5, 0.6) is 0 Å². The average Bonchev–Trinajstić information content (AvgIpc) is 3.71. The fourth-order valence-corrected chi connectivity index (χ4v) is 5.81. The van der Waals surface area contributed by atoms with Crippen molar-refractivity contribution in [3.05, 3.63) is 99.2 Å². The third-order valence-electron chi connectivity index (χ3n) is 9.10. The summed E-state index contributed by atoms with van der Waals surface area (Å²) in [4.78, 5) is 14.6. The fraction of sp³-hybridized carbons (Fsp3) is 0.364. The maximum atomic E-state index is 10.1. The first-order valence-electron chi connectivity index (χ1n) is 13.5. The molecular formula is C33H35N7. The zero-order valence-corrected chi connectivity index (χ0v) is 24.4. The molecule has 5 rings (SSSR count). The van der Waals surface area contributed by atoms with Crippen molar-refractivity contribution in [2.75, 3.05) is 0 Å². The molecule has 7 nitrogen and oxygen atoms in total. The third-order valence-corrected chi connectivity index (χ3v) is 9.10. The van der Waals surface area contributed by atoms with Crippen LogP contribution in [0.15, 0.2) is 48.0 Å². The minimum absolute atomic E-state index is 0.0482. The van der Waals surface area contributed by atoms with Crippen molar-refractivity contribution in [3.8, 4) is 18.2 Å². The fourth-order valence-electron chi connectivity index (χ4n) is 5.81. The lowest BCUT2D eigenvalue weighted by molar-refractivity contribution is 0.555. The molecule has 8 bridgehead atoms. The van der Waals surface area contributed by atoms with Gasteiger partial charge in [-0.2, -0.15) is 15.8 Å². The zero-order valence-electron chi connectivity index (χ0n) is 24.4. The highest BCUT2D eigenvalue weighted by molar-refractivity contribution is 5.85. The lowest BCUT2D eigenvalue weighted by Gasteiger charge is -2.28. The van der Waals surface area contributed by atoms with E-state index in [-0.39, 0.29) is 22.0 Å². The van der Waals surface area contributed by atoms with Crippen molar-refractivity contribution in [3.63, 3.8) is 0 Å². The number of aromatic amines is 4. The van der Waals surface area contributed by atoms with Crippen LogP contribution in [0, 0.1) is 34.0 Å². The van der Waals surface area contributed by atoms with E-state index in [2.05, 4.69) is 124 Å². The second kappa shape index (κ2) is 8.67. The van der Waals surface area contributed by atoms with E-state index >= 15 is 0 Å². The number of nitrogens with one attached hydrogen (secondary N) is 4. The number of aromatic nitrogens is 4. The van der Waals surface area contributed by atoms with Gasteiger partial charge in [-0.15, -0.1) is 0 Å². The van der Waals surface area contributed by atoms with E-state index in [1.807, 2.05) is 12.1 Å². The van der Waals surface area contributed by atoms with Gasteiger partial charge in [0.15, 0.2) is 0 Å². The Bertz CT molecular complexity index is 1770. The first-order chi connectivity index (χ1) is 18.7. The van der Waals surface area contributed by atoms with E-state index < -0.39 is 10.8 Å². The molecule has 5 heterocycles. The lowest BCUT2D eigenvalue weighted by Crippen LogP contribution is -2.25. The quantitative estimate of drug-likeness (QED) is 0.199. The summed E-state index contributed by atoms with van der Waals surface area (Å²) in [6.07, 6.45) is 0. The molecule has 0 spiro atoms. The summed E-state index contributed by atoms with van der Waals surface area (Å²) in [6.45, 7) is 17.2. The maximum absolute atomic E-state index is 10.1. The molecule has 1 aliphatic rings. The van der Waals surface area contributed by atoms with E-state index in [4.69, 9.17) is 0 Å². The van der Waals surface area contributed by atoms with Gasteiger partial charge in [0, 0.05) is 61.5 Å². The summed E-state index contributed by atoms with van der Waals surface area (Å²) in [5, 5.41) is 29.5. The Hall–Kier alpha value is -4.67. The molecule has 0 radical (unpaired) electrons. The molecule has 0 atom stereocenters. The first-order valence-corrected chi connectivity index (χ1v) is 13.5. The standard InChI is InChI=1S/C33H35N7/c1-30(2)21-15-28(40-29(21)20(18-36)19(16-34)17-35)33(7,8)27-14-13-26(39-27)32(5,6)25-12-11-24(38-25)31(3,4)23-10-9-22(30)37-23/h9-15,37-40H,1-8H3. The summed E-state index contributed by atoms with van der Waals surface area (Å²) in [5.41, 5.74) is 6.65. The lowest BCUT2D eigenvalue weighted by atomic mass is 9.78. The summed E-state index contributed by atoms with van der Waals surface area (Å²) in [7, 11) is 0. The minimum Gasteiger partial charge on any atom is -0.361 e. The van der Waals surface area contributed by atoms with Gasteiger partial charge in [0.05, 0.1) is 5.69 Å². The van der Waals surface area contributed by atoms with Gasteiger partial charge in [0.1, 0.15) is 29.4 Å². The van der Waals surface area contributed by atoms with Crippen LogP contribution in [0.3, 0.4) is 0 Å². The number of rotatable bonds is 1. The van der Waals surface area contributed by atoms with E-state index in [1.54, 1.807) is 0 Å². The van der Waals surface area contributed by atoms with Gasteiger partial charge >= 0.3 is 0 Å². The van der Waals surface area contributed by atoms with Gasteiger partial charge in [0.2, 0.25) is 0 Å². The van der Waals surface area contributed by atoms with E-state index in [1.165, 1.54) is 0 Å². The number of allylic oxidation sites excluding steroid dienone is 2. The van der Waals surface area contributed by atoms with Gasteiger partial charge in [-0.05, 0) is 89.6 Å². The molecule has 0 aromatic carbocycles. The Kier molecular flexibility index (Phi) is 5.83. The Morgan fingerprint density at radius 1 is 0.500 bits per heavy atom. The number of hydrogen-bond acceptors (Lipinski definition) is 3. The van der Waals surface area contributed by atoms with Crippen LogP contribution in [-0.4, -0.2) is 19.9 Å². The van der Waals surface area contributed by atoms with Gasteiger partial charge < -0.3 is 19.9 Å². The topological polar surface area (TPSA) is 135 Å². The average molecular weight is 530 g/mol. The van der Waals surface area contributed by atoms with E-state index in [0.29, 0.717) is 5.69 Å². The molecule has 4 aromatic rings. The van der Waals surface area contributed by atoms with Crippen LogP contribution < -0.4 is 0 Å². The van der Waals surface area contributed by atoms with Gasteiger partial charge in [-0.25, -0.2) is 0 Å². The van der Waals surface area contributed by atoms with E-state index in [0.717, 1.165) is 45.4 Å². The highest BCUT2D eigenvalue weighted by atomic mass is 14.9. The van der Waals surface area contributed by atoms with Crippen molar-refractivity contribution >= 4 is 5.57 Å². The molecule has 4 aromatic heterocycles. The van der Waals surface area contributed by atoms with Crippen molar-refractivity contribution < 1.29 is 0 Å². The Morgan fingerprint density at radius 3 is 1.20 bits per heavy atom. The maximum Gasteiger partial charge on any atom is 0.149 e. The van der Waals surface area contributed by atoms with Crippen LogP contribution in [0.4, 0.5) is 0 Å². The summed E-state index contributed by atoms with van der Waals surface area (Å²) >= 11 is 0. The van der Waals surface area contributed by atoms with Crippen molar-refractivity contribution in [2.45, 2.75) is 77.0 Å². The second-order valence-electron chi connectivity index (χ2n) is 12.9. The van der Waals surface area contributed by atoms with Gasteiger partial charge in [-0.3, -0.25) is 0 Å². The Balaban J connectivity index is 1.86. The number of hydrogen-bond donors (Lipinski definition) is 4. The number of nitriles is 3. The molecule has 0 fully saturated rings. The largest absolute Gasteiger partial charge is 0.361 e. The predicted molar refractivity (Wildman–Crippen MR) is 155 cm³/mol. The molecule has 1 aliphatic heterocycles. The molecule has 0 saturated heterocycles. The highest BCUT2D eigenvalue weighted by Gasteiger charge is 2.38. The molecule has 7 heteroatoms. The normalized spacial score (nSPS) is 17.7. The molecule has 40 heavy (non-hydrogen) atoms. The summed E-state index contributed by atoms with van der Waals surface area (Å²) < 4.78 is 0. The monoisotopic (exact) mass is 529 g/mol. The molecule has 202 valence electrons. The van der Waals surface area contributed by atoms with Crippen LogP contribution >= 0.6 is 0 Å². The third kappa shape index (κ3) is 3.75. The SMILES string of the molecule is CC1(C)c2ccc([nH]2)C(C)(C)c2ccc([nH]2)C(C)(C)c2cc([nH]c2C(C#N)=C(C#N)C#N)C(C)(C)c2ccc1[nH]2. The van der Waals surface area contributed by atoms with Crippen LogP contribution in [-0.2, 0) is 21.7 Å². The summed E-state index contributed by atoms with van der Waals surface area (Å²) in [5.74, 6) is 0. The second-order valence-corrected chi connectivity index (χ2v) is 12.9. The number of nitrogens with zero attached hydrogens (tertiary/aromatic N) is 3. The van der Waals surface area contributed by atoms with Crippen molar-refractivity contribution in [2.24, 2.45) is 0 Å². The Labute approximate surface area is 235 Å². The van der Waals surface area contributed by atoms with E-state index in [9.17, 15) is 15.8 Å². The van der Waals surface area contributed by atoms with Gasteiger partial charge in [-0.1, -0.05) is 13.8 Å². The minimum atomic E-state index is -0.590.